The molecular formula is C26H24N2O3. The first-order valence-corrected chi connectivity index (χ1v) is 10.1. The van der Waals surface area contributed by atoms with Crippen LogP contribution in [0.3, 0.4) is 0 Å². The average Bonchev–Trinajstić information content (AvgIpc) is 2.97. The number of carbonyl (C=O) groups excluding carboxylic acids is 2. The number of nitrogens with one attached hydrogen (secondary N) is 1. The zero-order chi connectivity index (χ0) is 22.1. The Morgan fingerprint density at radius 3 is 2.13 bits per heavy atom. The van der Waals surface area contributed by atoms with Gasteiger partial charge in [-0.3, -0.25) is 9.59 Å². The van der Waals surface area contributed by atoms with Crippen molar-refractivity contribution in [2.75, 3.05) is 17.3 Å². The van der Waals surface area contributed by atoms with E-state index in [2.05, 4.69) is 11.4 Å². The highest BCUT2D eigenvalue weighted by molar-refractivity contribution is 6.46. The Kier molecular flexibility index (Phi) is 5.34. The first-order chi connectivity index (χ1) is 14.9. The standard InChI is InChI=1S/C26H24N2O3/c1-16-13-17(2)15-19(14-16)27-24-23(20-10-6-8-12-22(20)31-4)25(29)28(26(24)30)21-11-7-5-9-18(21)3/h5-15,27H,1-4H3. The Hall–Kier alpha value is -3.86. The Morgan fingerprint density at radius 1 is 0.806 bits per heavy atom. The Bertz CT molecular complexity index is 1210. The summed E-state index contributed by atoms with van der Waals surface area (Å²) >= 11 is 0. The molecule has 0 radical (unpaired) electrons. The number of imide groups is 1. The number of hydrogen-bond acceptors (Lipinski definition) is 4. The molecule has 0 saturated heterocycles. The molecule has 0 aromatic heterocycles. The summed E-state index contributed by atoms with van der Waals surface area (Å²) in [5, 5.41) is 3.23. The molecule has 1 N–H and O–H groups in total. The molecule has 0 spiro atoms. The molecule has 3 aromatic carbocycles. The highest BCUT2D eigenvalue weighted by atomic mass is 16.5. The van der Waals surface area contributed by atoms with Gasteiger partial charge in [-0.25, -0.2) is 4.90 Å². The van der Waals surface area contributed by atoms with E-state index in [1.54, 1.807) is 25.3 Å². The average molecular weight is 412 g/mol. The molecule has 0 aliphatic carbocycles. The van der Waals surface area contributed by atoms with E-state index in [1.165, 1.54) is 4.90 Å². The van der Waals surface area contributed by atoms with Crippen LogP contribution in [0, 0.1) is 20.8 Å². The summed E-state index contributed by atoms with van der Waals surface area (Å²) in [6, 6.07) is 20.6. The Morgan fingerprint density at radius 2 is 1.45 bits per heavy atom. The number of amides is 2. The van der Waals surface area contributed by atoms with Crippen molar-refractivity contribution in [3.05, 3.63) is 94.7 Å². The lowest BCUT2D eigenvalue weighted by atomic mass is 10.0. The second-order valence-electron chi connectivity index (χ2n) is 7.68. The van der Waals surface area contributed by atoms with Gasteiger partial charge in [0.25, 0.3) is 11.8 Å². The summed E-state index contributed by atoms with van der Waals surface area (Å²) in [5.41, 5.74) is 5.41. The second-order valence-corrected chi connectivity index (χ2v) is 7.68. The molecular weight excluding hydrogens is 388 g/mol. The molecule has 3 aromatic rings. The van der Waals surface area contributed by atoms with Gasteiger partial charge in [0.1, 0.15) is 11.4 Å². The van der Waals surface area contributed by atoms with Crippen molar-refractivity contribution in [2.24, 2.45) is 0 Å². The molecule has 1 aliphatic rings. The monoisotopic (exact) mass is 412 g/mol. The molecule has 5 heteroatoms. The first-order valence-electron chi connectivity index (χ1n) is 10.1. The van der Waals surface area contributed by atoms with Gasteiger partial charge in [-0.2, -0.15) is 0 Å². The van der Waals surface area contributed by atoms with Crippen LogP contribution in [0.1, 0.15) is 22.3 Å². The van der Waals surface area contributed by atoms with Crippen LogP contribution in [-0.2, 0) is 9.59 Å². The van der Waals surface area contributed by atoms with Crippen molar-refractivity contribution in [1.82, 2.24) is 0 Å². The number of para-hydroxylation sites is 2. The number of hydrogen-bond donors (Lipinski definition) is 1. The highest BCUT2D eigenvalue weighted by Crippen LogP contribution is 2.38. The van der Waals surface area contributed by atoms with Crippen LogP contribution in [0.5, 0.6) is 5.75 Å². The molecule has 1 aliphatic heterocycles. The summed E-state index contributed by atoms with van der Waals surface area (Å²) in [4.78, 5) is 28.4. The smallest absolute Gasteiger partial charge is 0.282 e. The van der Waals surface area contributed by atoms with E-state index in [0.717, 1.165) is 22.4 Å². The van der Waals surface area contributed by atoms with E-state index in [4.69, 9.17) is 4.74 Å². The number of methoxy groups -OCH3 is 1. The molecule has 1 heterocycles. The molecule has 0 unspecified atom stereocenters. The third-order valence-corrected chi connectivity index (χ3v) is 5.31. The van der Waals surface area contributed by atoms with Gasteiger partial charge in [-0.05, 0) is 61.7 Å². The predicted molar refractivity (Wildman–Crippen MR) is 123 cm³/mol. The van der Waals surface area contributed by atoms with Crippen LogP contribution in [-0.4, -0.2) is 18.9 Å². The summed E-state index contributed by atoms with van der Waals surface area (Å²) in [5.74, 6) is -0.236. The molecule has 0 bridgehead atoms. The summed E-state index contributed by atoms with van der Waals surface area (Å²) in [6.45, 7) is 5.87. The molecule has 4 rings (SSSR count). The zero-order valence-corrected chi connectivity index (χ0v) is 18.0. The van der Waals surface area contributed by atoms with E-state index in [9.17, 15) is 9.59 Å². The number of carbonyl (C=O) groups is 2. The summed E-state index contributed by atoms with van der Waals surface area (Å²) < 4.78 is 5.50. The van der Waals surface area contributed by atoms with Gasteiger partial charge in [0.05, 0.1) is 18.4 Å². The third kappa shape index (κ3) is 3.70. The summed E-state index contributed by atoms with van der Waals surface area (Å²) in [6.07, 6.45) is 0. The van der Waals surface area contributed by atoms with Gasteiger partial charge < -0.3 is 10.1 Å². The van der Waals surface area contributed by atoms with Crippen LogP contribution in [0.15, 0.2) is 72.4 Å². The van der Waals surface area contributed by atoms with E-state index < -0.39 is 0 Å². The third-order valence-electron chi connectivity index (χ3n) is 5.31. The van der Waals surface area contributed by atoms with E-state index in [0.29, 0.717) is 22.6 Å². The minimum atomic E-state index is -0.389. The fourth-order valence-electron chi connectivity index (χ4n) is 3.97. The number of anilines is 2. The van der Waals surface area contributed by atoms with E-state index in [-0.39, 0.29) is 17.5 Å². The SMILES string of the molecule is COc1ccccc1C1=C(Nc2cc(C)cc(C)c2)C(=O)N(c2ccccc2C)C1=O. The molecule has 0 fully saturated rings. The van der Waals surface area contributed by atoms with Gasteiger partial charge in [0.15, 0.2) is 0 Å². The van der Waals surface area contributed by atoms with Crippen molar-refractivity contribution in [1.29, 1.82) is 0 Å². The molecule has 31 heavy (non-hydrogen) atoms. The second kappa shape index (κ2) is 8.11. The van der Waals surface area contributed by atoms with Crippen molar-refractivity contribution in [3.63, 3.8) is 0 Å². The van der Waals surface area contributed by atoms with Crippen LogP contribution in [0.4, 0.5) is 11.4 Å². The number of nitrogens with zero attached hydrogens (tertiary/aromatic N) is 1. The molecule has 0 atom stereocenters. The lowest BCUT2D eigenvalue weighted by molar-refractivity contribution is -0.120. The quantitative estimate of drug-likeness (QED) is 0.598. The van der Waals surface area contributed by atoms with Gasteiger partial charge >= 0.3 is 0 Å². The highest BCUT2D eigenvalue weighted by Gasteiger charge is 2.41. The normalized spacial score (nSPS) is 13.7. The fourth-order valence-corrected chi connectivity index (χ4v) is 3.97. The van der Waals surface area contributed by atoms with Crippen molar-refractivity contribution in [3.8, 4) is 5.75 Å². The maximum absolute atomic E-state index is 13.6. The maximum atomic E-state index is 13.6. The first kappa shape index (κ1) is 20.4. The number of aryl methyl sites for hydroxylation is 3. The fraction of sp³-hybridized carbons (Fsp3) is 0.154. The summed E-state index contributed by atoms with van der Waals surface area (Å²) in [7, 11) is 1.55. The lowest BCUT2D eigenvalue weighted by Gasteiger charge is -2.18. The lowest BCUT2D eigenvalue weighted by Crippen LogP contribution is -2.33. The van der Waals surface area contributed by atoms with Crippen LogP contribution in [0.2, 0.25) is 0 Å². The van der Waals surface area contributed by atoms with Crippen molar-refractivity contribution >= 4 is 28.8 Å². The number of ether oxygens (including phenoxy) is 1. The molecule has 5 nitrogen and oxygen atoms in total. The van der Waals surface area contributed by atoms with Crippen molar-refractivity contribution in [2.45, 2.75) is 20.8 Å². The molecule has 2 amide bonds. The molecule has 156 valence electrons. The van der Waals surface area contributed by atoms with Crippen LogP contribution >= 0.6 is 0 Å². The largest absolute Gasteiger partial charge is 0.496 e. The maximum Gasteiger partial charge on any atom is 0.282 e. The van der Waals surface area contributed by atoms with Crippen LogP contribution in [0.25, 0.3) is 5.57 Å². The van der Waals surface area contributed by atoms with Gasteiger partial charge in [0.2, 0.25) is 0 Å². The Labute approximate surface area is 182 Å². The van der Waals surface area contributed by atoms with Gasteiger partial charge in [-0.1, -0.05) is 42.5 Å². The Balaban J connectivity index is 1.90. The van der Waals surface area contributed by atoms with E-state index in [1.807, 2.05) is 63.2 Å². The van der Waals surface area contributed by atoms with E-state index >= 15 is 0 Å². The topological polar surface area (TPSA) is 58.6 Å². The van der Waals surface area contributed by atoms with Gasteiger partial charge in [-0.15, -0.1) is 0 Å². The minimum absolute atomic E-state index is 0.239. The van der Waals surface area contributed by atoms with Crippen molar-refractivity contribution < 1.29 is 14.3 Å². The minimum Gasteiger partial charge on any atom is -0.496 e. The van der Waals surface area contributed by atoms with Crippen LogP contribution < -0.4 is 15.0 Å². The molecule has 0 saturated carbocycles. The number of benzene rings is 3. The predicted octanol–water partition coefficient (Wildman–Crippen LogP) is 5.02. The zero-order valence-electron chi connectivity index (χ0n) is 18.0. The number of rotatable bonds is 5. The van der Waals surface area contributed by atoms with Gasteiger partial charge in [0, 0.05) is 11.3 Å².